The van der Waals surface area contributed by atoms with Crippen LogP contribution in [0.4, 0.5) is 11.9 Å². The van der Waals surface area contributed by atoms with E-state index in [0.29, 0.717) is 24.5 Å². The molecule has 7 heteroatoms. The molecule has 2 rings (SSSR count). The van der Waals surface area contributed by atoms with Crippen LogP contribution >= 0.6 is 0 Å². The third-order valence-corrected chi connectivity index (χ3v) is 3.41. The zero-order chi connectivity index (χ0) is 15.1. The number of nitrogens with one attached hydrogen (secondary N) is 1. The number of anilines is 2. The fourth-order valence-corrected chi connectivity index (χ4v) is 2.24. The van der Waals surface area contributed by atoms with E-state index in [1.165, 1.54) is 0 Å². The third-order valence-electron chi connectivity index (χ3n) is 3.41. The van der Waals surface area contributed by atoms with Gasteiger partial charge in [0.25, 0.3) is 0 Å². The van der Waals surface area contributed by atoms with Crippen LogP contribution in [-0.4, -0.2) is 53.9 Å². The van der Waals surface area contributed by atoms with Gasteiger partial charge < -0.3 is 19.7 Å². The summed E-state index contributed by atoms with van der Waals surface area (Å²) in [6.07, 6.45) is 2.29. The maximum atomic E-state index is 5.70. The molecule has 21 heavy (non-hydrogen) atoms. The Labute approximate surface area is 126 Å². The Bertz CT molecular complexity index is 433. The predicted octanol–water partition coefficient (Wildman–Crippen LogP) is 1.71. The van der Waals surface area contributed by atoms with Crippen molar-refractivity contribution >= 4 is 11.9 Å². The van der Waals surface area contributed by atoms with Gasteiger partial charge in [-0.1, -0.05) is 0 Å². The first-order chi connectivity index (χ1) is 10.3. The Kier molecular flexibility index (Phi) is 5.98. The van der Waals surface area contributed by atoms with Gasteiger partial charge in [0.05, 0.1) is 6.10 Å². The van der Waals surface area contributed by atoms with Gasteiger partial charge in [-0.3, -0.25) is 0 Å². The molecule has 1 saturated heterocycles. The summed E-state index contributed by atoms with van der Waals surface area (Å²) in [5.74, 6) is 1.20. The lowest BCUT2D eigenvalue weighted by molar-refractivity contribution is 0.0645. The van der Waals surface area contributed by atoms with Gasteiger partial charge in [-0.2, -0.15) is 15.0 Å². The minimum Gasteiger partial charge on any atom is -0.461 e. The van der Waals surface area contributed by atoms with Crippen molar-refractivity contribution in [2.24, 2.45) is 0 Å². The van der Waals surface area contributed by atoms with Crippen LogP contribution in [0.2, 0.25) is 0 Å². The summed E-state index contributed by atoms with van der Waals surface area (Å²) in [5.41, 5.74) is 0. The SMILES string of the molecule is CCNc1nc(OCC2CCCO2)nc(N(CC)CC)n1. The summed E-state index contributed by atoms with van der Waals surface area (Å²) in [6, 6.07) is 0.360. The van der Waals surface area contributed by atoms with Crippen LogP contribution in [0.15, 0.2) is 0 Å². The smallest absolute Gasteiger partial charge is 0.323 e. The van der Waals surface area contributed by atoms with Crippen LogP contribution in [0, 0.1) is 0 Å². The van der Waals surface area contributed by atoms with E-state index in [1.54, 1.807) is 0 Å². The summed E-state index contributed by atoms with van der Waals surface area (Å²) in [6.45, 7) is 9.92. The molecule has 0 aromatic carbocycles. The first kappa shape index (κ1) is 15.8. The van der Waals surface area contributed by atoms with Gasteiger partial charge in [0.15, 0.2) is 0 Å². The third kappa shape index (κ3) is 4.42. The van der Waals surface area contributed by atoms with E-state index >= 15 is 0 Å². The first-order valence-corrected chi connectivity index (χ1v) is 7.76. The van der Waals surface area contributed by atoms with Crippen LogP contribution in [-0.2, 0) is 4.74 Å². The molecule has 0 amide bonds. The number of ether oxygens (including phenoxy) is 2. The van der Waals surface area contributed by atoms with E-state index in [4.69, 9.17) is 9.47 Å². The summed E-state index contributed by atoms with van der Waals surface area (Å²) in [4.78, 5) is 15.2. The largest absolute Gasteiger partial charge is 0.461 e. The van der Waals surface area contributed by atoms with E-state index in [0.717, 1.165) is 39.1 Å². The molecule has 1 aromatic heterocycles. The molecule has 1 fully saturated rings. The molecule has 1 unspecified atom stereocenters. The van der Waals surface area contributed by atoms with E-state index in [2.05, 4.69) is 39.0 Å². The highest BCUT2D eigenvalue weighted by Gasteiger charge is 2.18. The lowest BCUT2D eigenvalue weighted by atomic mass is 10.2. The van der Waals surface area contributed by atoms with E-state index in [-0.39, 0.29) is 6.10 Å². The molecule has 1 N–H and O–H groups in total. The van der Waals surface area contributed by atoms with Gasteiger partial charge in [0, 0.05) is 26.2 Å². The van der Waals surface area contributed by atoms with Crippen molar-refractivity contribution < 1.29 is 9.47 Å². The van der Waals surface area contributed by atoms with Crippen LogP contribution in [0.1, 0.15) is 33.6 Å². The van der Waals surface area contributed by atoms with Gasteiger partial charge in [-0.05, 0) is 33.6 Å². The lowest BCUT2D eigenvalue weighted by Gasteiger charge is -2.19. The zero-order valence-corrected chi connectivity index (χ0v) is 13.1. The molecule has 0 aliphatic carbocycles. The van der Waals surface area contributed by atoms with Gasteiger partial charge in [0.1, 0.15) is 6.61 Å². The second-order valence-corrected chi connectivity index (χ2v) is 4.89. The number of hydrogen-bond donors (Lipinski definition) is 1. The molecule has 1 aromatic rings. The average molecular weight is 295 g/mol. The van der Waals surface area contributed by atoms with E-state index < -0.39 is 0 Å². The van der Waals surface area contributed by atoms with E-state index in [1.807, 2.05) is 6.92 Å². The van der Waals surface area contributed by atoms with Gasteiger partial charge in [-0.25, -0.2) is 0 Å². The Balaban J connectivity index is 2.09. The van der Waals surface area contributed by atoms with Crippen LogP contribution < -0.4 is 15.0 Å². The molecular weight excluding hydrogens is 270 g/mol. The Hall–Kier alpha value is -1.63. The summed E-state index contributed by atoms with van der Waals surface area (Å²) < 4.78 is 11.3. The molecule has 2 heterocycles. The Morgan fingerprint density at radius 2 is 2.05 bits per heavy atom. The fraction of sp³-hybridized carbons (Fsp3) is 0.786. The van der Waals surface area contributed by atoms with Crippen LogP contribution in [0.3, 0.4) is 0 Å². The van der Waals surface area contributed by atoms with Crippen molar-refractivity contribution in [2.75, 3.05) is 43.1 Å². The fourth-order valence-electron chi connectivity index (χ4n) is 2.24. The summed E-state index contributed by atoms with van der Waals surface area (Å²) in [5, 5.41) is 3.12. The standard InChI is InChI=1S/C14H25N5O2/c1-4-15-12-16-13(19(5-2)6-3)18-14(17-12)21-10-11-8-7-9-20-11/h11H,4-10H2,1-3H3,(H,15,16,17,18). The van der Waals surface area contributed by atoms with Crippen molar-refractivity contribution in [3.63, 3.8) is 0 Å². The molecule has 118 valence electrons. The first-order valence-electron chi connectivity index (χ1n) is 7.76. The average Bonchev–Trinajstić information content (AvgIpc) is 3.00. The lowest BCUT2D eigenvalue weighted by Crippen LogP contribution is -2.25. The van der Waals surface area contributed by atoms with Crippen molar-refractivity contribution in [2.45, 2.75) is 39.7 Å². The molecular formula is C14H25N5O2. The molecule has 7 nitrogen and oxygen atoms in total. The second kappa shape index (κ2) is 7.97. The molecule has 0 saturated carbocycles. The highest BCUT2D eigenvalue weighted by molar-refractivity contribution is 5.38. The topological polar surface area (TPSA) is 72.4 Å². The molecule has 0 radical (unpaired) electrons. The van der Waals surface area contributed by atoms with Gasteiger partial charge >= 0.3 is 6.01 Å². The van der Waals surface area contributed by atoms with Crippen molar-refractivity contribution in [3.05, 3.63) is 0 Å². The van der Waals surface area contributed by atoms with Crippen molar-refractivity contribution in [3.8, 4) is 6.01 Å². The minimum atomic E-state index is 0.154. The molecule has 1 aliphatic rings. The molecule has 1 atom stereocenters. The van der Waals surface area contributed by atoms with E-state index in [9.17, 15) is 0 Å². The van der Waals surface area contributed by atoms with Crippen LogP contribution in [0.5, 0.6) is 6.01 Å². The summed E-state index contributed by atoms with van der Waals surface area (Å²) >= 11 is 0. The number of aromatic nitrogens is 3. The second-order valence-electron chi connectivity index (χ2n) is 4.89. The number of nitrogens with zero attached hydrogens (tertiary/aromatic N) is 4. The predicted molar refractivity (Wildman–Crippen MR) is 82.0 cm³/mol. The van der Waals surface area contributed by atoms with Gasteiger partial charge in [0.2, 0.25) is 11.9 Å². The normalized spacial score (nSPS) is 17.8. The zero-order valence-electron chi connectivity index (χ0n) is 13.1. The highest BCUT2D eigenvalue weighted by Crippen LogP contribution is 2.17. The van der Waals surface area contributed by atoms with Crippen LogP contribution in [0.25, 0.3) is 0 Å². The molecule has 0 bridgehead atoms. The highest BCUT2D eigenvalue weighted by atomic mass is 16.5. The van der Waals surface area contributed by atoms with Gasteiger partial charge in [-0.15, -0.1) is 0 Å². The quantitative estimate of drug-likeness (QED) is 0.782. The van der Waals surface area contributed by atoms with Crippen molar-refractivity contribution in [1.82, 2.24) is 15.0 Å². The maximum absolute atomic E-state index is 5.70. The molecule has 0 spiro atoms. The molecule has 1 aliphatic heterocycles. The number of hydrogen-bond acceptors (Lipinski definition) is 7. The van der Waals surface area contributed by atoms with Crippen molar-refractivity contribution in [1.29, 1.82) is 0 Å². The monoisotopic (exact) mass is 295 g/mol. The maximum Gasteiger partial charge on any atom is 0.323 e. The minimum absolute atomic E-state index is 0.154. The number of rotatable bonds is 8. The Morgan fingerprint density at radius 1 is 1.24 bits per heavy atom. The summed E-state index contributed by atoms with van der Waals surface area (Å²) in [7, 11) is 0. The Morgan fingerprint density at radius 3 is 2.67 bits per heavy atom.